The summed E-state index contributed by atoms with van der Waals surface area (Å²) in [5.41, 5.74) is 0.346. The second-order valence-corrected chi connectivity index (χ2v) is 5.21. The Balaban J connectivity index is 2.26. The fraction of sp³-hybridized carbons (Fsp3) is 0.571. The van der Waals surface area contributed by atoms with Crippen molar-refractivity contribution < 1.29 is 14.3 Å². The van der Waals surface area contributed by atoms with Gasteiger partial charge >= 0.3 is 0 Å². The number of pyridine rings is 1. The maximum Gasteiger partial charge on any atom is 0.272 e. The number of ether oxygens (including phenoxy) is 2. The van der Waals surface area contributed by atoms with E-state index in [2.05, 4.69) is 4.98 Å². The van der Waals surface area contributed by atoms with E-state index in [0.29, 0.717) is 17.3 Å². The summed E-state index contributed by atoms with van der Waals surface area (Å²) >= 11 is 0. The Labute approximate surface area is 113 Å². The van der Waals surface area contributed by atoms with Crippen molar-refractivity contribution in [2.45, 2.75) is 38.9 Å². The maximum atomic E-state index is 12.0. The molecule has 5 nitrogen and oxygen atoms in total. The molecule has 0 spiro atoms. The van der Waals surface area contributed by atoms with Crippen molar-refractivity contribution in [3.05, 3.63) is 17.8 Å². The van der Waals surface area contributed by atoms with Gasteiger partial charge in [-0.1, -0.05) is 0 Å². The average molecular weight is 264 g/mol. The van der Waals surface area contributed by atoms with E-state index >= 15 is 0 Å². The number of hydrogen-bond donors (Lipinski definition) is 0. The van der Waals surface area contributed by atoms with Gasteiger partial charge in [-0.3, -0.25) is 4.79 Å². The fourth-order valence-electron chi connectivity index (χ4n) is 1.57. The zero-order valence-electron chi connectivity index (χ0n) is 11.8. The van der Waals surface area contributed by atoms with Gasteiger partial charge in [-0.25, -0.2) is 4.98 Å². The molecule has 1 aromatic heterocycles. The van der Waals surface area contributed by atoms with E-state index in [0.717, 1.165) is 12.8 Å². The molecular formula is C14H20N2O3. The standard InChI is InChI=1S/C14H20N2O3/c1-9(2)18-13-8-11(19-10-5-6-10)7-12(15-13)14(17)16(3)4/h7-10H,5-6H2,1-4H3. The van der Waals surface area contributed by atoms with E-state index < -0.39 is 0 Å². The van der Waals surface area contributed by atoms with Crippen LogP contribution in [0.3, 0.4) is 0 Å². The molecule has 1 amide bonds. The Hall–Kier alpha value is -1.78. The third-order valence-electron chi connectivity index (χ3n) is 2.58. The van der Waals surface area contributed by atoms with Crippen LogP contribution >= 0.6 is 0 Å². The zero-order valence-corrected chi connectivity index (χ0v) is 11.8. The third-order valence-corrected chi connectivity index (χ3v) is 2.58. The quantitative estimate of drug-likeness (QED) is 0.817. The van der Waals surface area contributed by atoms with Gasteiger partial charge in [-0.05, 0) is 26.7 Å². The van der Waals surface area contributed by atoms with Gasteiger partial charge in [0.1, 0.15) is 11.4 Å². The minimum absolute atomic E-state index is 0.00554. The van der Waals surface area contributed by atoms with Crippen LogP contribution in [0.2, 0.25) is 0 Å². The van der Waals surface area contributed by atoms with Crippen molar-refractivity contribution in [2.24, 2.45) is 0 Å². The smallest absolute Gasteiger partial charge is 0.272 e. The molecule has 19 heavy (non-hydrogen) atoms. The van der Waals surface area contributed by atoms with Crippen LogP contribution in [0.15, 0.2) is 12.1 Å². The lowest BCUT2D eigenvalue weighted by atomic mass is 10.3. The summed E-state index contributed by atoms with van der Waals surface area (Å²) in [6.07, 6.45) is 2.42. The Morgan fingerprint density at radius 1 is 1.37 bits per heavy atom. The van der Waals surface area contributed by atoms with Gasteiger partial charge in [0.05, 0.1) is 12.2 Å². The SMILES string of the molecule is CC(C)Oc1cc(OC2CC2)cc(C(=O)N(C)C)n1. The van der Waals surface area contributed by atoms with Crippen molar-refractivity contribution >= 4 is 5.91 Å². The molecule has 1 fully saturated rings. The molecular weight excluding hydrogens is 244 g/mol. The van der Waals surface area contributed by atoms with Crippen molar-refractivity contribution in [1.29, 1.82) is 0 Å². The van der Waals surface area contributed by atoms with Crippen molar-refractivity contribution in [2.75, 3.05) is 14.1 Å². The second-order valence-electron chi connectivity index (χ2n) is 5.21. The average Bonchev–Trinajstić information content (AvgIpc) is 3.10. The second kappa shape index (κ2) is 5.47. The van der Waals surface area contributed by atoms with Crippen LogP contribution in [0.1, 0.15) is 37.2 Å². The van der Waals surface area contributed by atoms with Crippen LogP contribution in [0.4, 0.5) is 0 Å². The molecule has 0 saturated heterocycles. The molecule has 1 saturated carbocycles. The summed E-state index contributed by atoms with van der Waals surface area (Å²) in [4.78, 5) is 17.7. The van der Waals surface area contributed by atoms with Crippen LogP contribution in [-0.4, -0.2) is 42.1 Å². The summed E-state index contributed by atoms with van der Waals surface area (Å²) in [6, 6.07) is 3.42. The molecule has 104 valence electrons. The summed E-state index contributed by atoms with van der Waals surface area (Å²) in [7, 11) is 3.39. The first kappa shape index (κ1) is 13.6. The van der Waals surface area contributed by atoms with Crippen molar-refractivity contribution in [3.8, 4) is 11.6 Å². The monoisotopic (exact) mass is 264 g/mol. The van der Waals surface area contributed by atoms with E-state index in [1.165, 1.54) is 4.90 Å². The summed E-state index contributed by atoms with van der Waals surface area (Å²) in [5, 5.41) is 0. The molecule has 5 heteroatoms. The third kappa shape index (κ3) is 3.84. The number of carbonyl (C=O) groups is 1. The summed E-state index contributed by atoms with van der Waals surface area (Å²) < 4.78 is 11.3. The van der Waals surface area contributed by atoms with E-state index in [-0.39, 0.29) is 18.1 Å². The molecule has 2 rings (SSSR count). The first-order chi connectivity index (χ1) is 8.95. The zero-order chi connectivity index (χ0) is 14.0. The molecule has 0 radical (unpaired) electrons. The molecule has 1 heterocycles. The molecule has 0 atom stereocenters. The molecule has 1 aliphatic rings. The highest BCUT2D eigenvalue weighted by Crippen LogP contribution is 2.29. The van der Waals surface area contributed by atoms with Gasteiger partial charge in [0.2, 0.25) is 5.88 Å². The highest BCUT2D eigenvalue weighted by atomic mass is 16.5. The molecule has 0 bridgehead atoms. The largest absolute Gasteiger partial charge is 0.490 e. The molecule has 1 aliphatic carbocycles. The number of amides is 1. The van der Waals surface area contributed by atoms with E-state index in [1.54, 1.807) is 26.2 Å². The predicted octanol–water partition coefficient (Wildman–Crippen LogP) is 2.11. The number of aromatic nitrogens is 1. The normalized spacial score (nSPS) is 14.4. The van der Waals surface area contributed by atoms with Gasteiger partial charge in [0, 0.05) is 26.2 Å². The Morgan fingerprint density at radius 3 is 2.58 bits per heavy atom. The van der Waals surface area contributed by atoms with E-state index in [1.807, 2.05) is 13.8 Å². The molecule has 0 aliphatic heterocycles. The minimum Gasteiger partial charge on any atom is -0.490 e. The van der Waals surface area contributed by atoms with Crippen LogP contribution in [0.5, 0.6) is 11.6 Å². The van der Waals surface area contributed by atoms with Crippen molar-refractivity contribution in [3.63, 3.8) is 0 Å². The molecule has 1 aromatic rings. The van der Waals surface area contributed by atoms with Gasteiger partial charge in [0.25, 0.3) is 5.91 Å². The Kier molecular flexibility index (Phi) is 3.93. The van der Waals surface area contributed by atoms with Gasteiger partial charge in [0.15, 0.2) is 0 Å². The molecule has 0 N–H and O–H groups in total. The van der Waals surface area contributed by atoms with Gasteiger partial charge in [-0.15, -0.1) is 0 Å². The molecule has 0 unspecified atom stereocenters. The lowest BCUT2D eigenvalue weighted by molar-refractivity contribution is 0.0819. The maximum absolute atomic E-state index is 12.0. The highest BCUT2D eigenvalue weighted by molar-refractivity contribution is 5.92. The summed E-state index contributed by atoms with van der Waals surface area (Å²) in [6.45, 7) is 3.84. The fourth-order valence-corrected chi connectivity index (χ4v) is 1.57. The van der Waals surface area contributed by atoms with Gasteiger partial charge < -0.3 is 14.4 Å². The van der Waals surface area contributed by atoms with Crippen LogP contribution < -0.4 is 9.47 Å². The first-order valence-electron chi connectivity index (χ1n) is 6.52. The van der Waals surface area contributed by atoms with Gasteiger partial charge in [-0.2, -0.15) is 0 Å². The number of carbonyl (C=O) groups excluding carboxylic acids is 1. The Bertz CT molecular complexity index is 446. The molecule has 0 aromatic carbocycles. The topological polar surface area (TPSA) is 51.7 Å². The van der Waals surface area contributed by atoms with E-state index in [9.17, 15) is 4.79 Å². The van der Waals surface area contributed by atoms with Crippen LogP contribution in [0.25, 0.3) is 0 Å². The van der Waals surface area contributed by atoms with Crippen LogP contribution in [0, 0.1) is 0 Å². The lowest BCUT2D eigenvalue weighted by Gasteiger charge is -2.14. The Morgan fingerprint density at radius 2 is 2.05 bits per heavy atom. The van der Waals surface area contributed by atoms with E-state index in [4.69, 9.17) is 9.47 Å². The number of rotatable bonds is 5. The lowest BCUT2D eigenvalue weighted by Crippen LogP contribution is -2.23. The predicted molar refractivity (Wildman–Crippen MR) is 71.7 cm³/mol. The summed E-state index contributed by atoms with van der Waals surface area (Å²) in [5.74, 6) is 0.923. The number of nitrogens with zero attached hydrogens (tertiary/aromatic N) is 2. The first-order valence-corrected chi connectivity index (χ1v) is 6.52. The minimum atomic E-state index is -0.158. The van der Waals surface area contributed by atoms with Crippen LogP contribution in [-0.2, 0) is 0 Å². The highest BCUT2D eigenvalue weighted by Gasteiger charge is 2.24. The van der Waals surface area contributed by atoms with Crippen molar-refractivity contribution in [1.82, 2.24) is 9.88 Å². The number of hydrogen-bond acceptors (Lipinski definition) is 4.